The van der Waals surface area contributed by atoms with Crippen LogP contribution in [0, 0.1) is 0 Å². The molecule has 0 spiro atoms. The van der Waals surface area contributed by atoms with Crippen LogP contribution < -0.4 is 4.74 Å². The van der Waals surface area contributed by atoms with Crippen LogP contribution in [0.15, 0.2) is 54.7 Å². The van der Waals surface area contributed by atoms with Gasteiger partial charge in [-0.15, -0.1) is 0 Å². The zero-order chi connectivity index (χ0) is 17.2. The molecule has 1 aliphatic carbocycles. The number of rotatable bonds is 6. The minimum absolute atomic E-state index is 0.653. The highest BCUT2D eigenvalue weighted by Crippen LogP contribution is 2.32. The standard InChI is InChI=1S/C21H21ClN2O/c1-25-20-8-4-15(5-9-20)13-24(19-6-7-19)14-17-12-18(22)11-16-3-2-10-23-21(16)17/h2-5,8-12,19H,6-7,13-14H2,1H3. The molecule has 1 aliphatic rings. The predicted octanol–water partition coefficient (Wildman–Crippen LogP) is 5.06. The number of aromatic nitrogens is 1. The van der Waals surface area contributed by atoms with E-state index in [1.54, 1.807) is 7.11 Å². The van der Waals surface area contributed by atoms with E-state index in [0.717, 1.165) is 34.8 Å². The van der Waals surface area contributed by atoms with Crippen LogP contribution in [-0.4, -0.2) is 23.0 Å². The summed E-state index contributed by atoms with van der Waals surface area (Å²) in [6, 6.07) is 17.1. The fourth-order valence-electron chi connectivity index (χ4n) is 3.29. The normalized spacial score (nSPS) is 14.2. The van der Waals surface area contributed by atoms with Crippen LogP contribution >= 0.6 is 11.6 Å². The van der Waals surface area contributed by atoms with Crippen molar-refractivity contribution in [1.29, 1.82) is 0 Å². The molecule has 1 aromatic heterocycles. The number of benzene rings is 2. The molecule has 3 nitrogen and oxygen atoms in total. The van der Waals surface area contributed by atoms with Gasteiger partial charge >= 0.3 is 0 Å². The first-order valence-electron chi connectivity index (χ1n) is 8.63. The maximum Gasteiger partial charge on any atom is 0.118 e. The molecule has 0 bridgehead atoms. The molecule has 1 fully saturated rings. The Hall–Kier alpha value is -2.10. The molecule has 0 amide bonds. The van der Waals surface area contributed by atoms with E-state index in [4.69, 9.17) is 16.3 Å². The molecule has 4 heteroatoms. The Morgan fingerprint density at radius 1 is 1.12 bits per heavy atom. The van der Waals surface area contributed by atoms with Crippen LogP contribution in [0.3, 0.4) is 0 Å². The Balaban J connectivity index is 1.60. The maximum atomic E-state index is 6.34. The number of ether oxygens (including phenoxy) is 1. The summed E-state index contributed by atoms with van der Waals surface area (Å²) < 4.78 is 5.25. The van der Waals surface area contributed by atoms with Crippen molar-refractivity contribution >= 4 is 22.5 Å². The maximum absolute atomic E-state index is 6.34. The molecular formula is C21H21ClN2O. The summed E-state index contributed by atoms with van der Waals surface area (Å²) >= 11 is 6.34. The molecule has 1 saturated carbocycles. The summed E-state index contributed by atoms with van der Waals surface area (Å²) in [5.41, 5.74) is 3.54. The van der Waals surface area contributed by atoms with Gasteiger partial charge in [-0.2, -0.15) is 0 Å². The SMILES string of the molecule is COc1ccc(CN(Cc2cc(Cl)cc3cccnc23)C2CC2)cc1. The van der Waals surface area contributed by atoms with Gasteiger partial charge in [0.25, 0.3) is 0 Å². The fourth-order valence-corrected chi connectivity index (χ4v) is 3.54. The number of halogens is 1. The van der Waals surface area contributed by atoms with Crippen LogP contribution in [0.4, 0.5) is 0 Å². The molecule has 2 aromatic carbocycles. The summed E-state index contributed by atoms with van der Waals surface area (Å²) in [4.78, 5) is 7.11. The highest BCUT2D eigenvalue weighted by Gasteiger charge is 2.29. The smallest absolute Gasteiger partial charge is 0.118 e. The van der Waals surface area contributed by atoms with Crippen LogP contribution in [0.25, 0.3) is 10.9 Å². The van der Waals surface area contributed by atoms with Gasteiger partial charge < -0.3 is 4.74 Å². The van der Waals surface area contributed by atoms with Gasteiger partial charge in [-0.25, -0.2) is 0 Å². The lowest BCUT2D eigenvalue weighted by molar-refractivity contribution is 0.246. The van der Waals surface area contributed by atoms with E-state index in [1.807, 2.05) is 30.5 Å². The number of hydrogen-bond donors (Lipinski definition) is 0. The van der Waals surface area contributed by atoms with Crippen molar-refractivity contribution in [3.8, 4) is 5.75 Å². The summed E-state index contributed by atoms with van der Waals surface area (Å²) in [6.07, 6.45) is 4.38. The summed E-state index contributed by atoms with van der Waals surface area (Å²) in [5.74, 6) is 0.895. The lowest BCUT2D eigenvalue weighted by Crippen LogP contribution is -2.25. The molecule has 4 rings (SSSR count). The zero-order valence-electron chi connectivity index (χ0n) is 14.3. The third-order valence-corrected chi connectivity index (χ3v) is 4.95. The first-order valence-corrected chi connectivity index (χ1v) is 9.01. The first kappa shape index (κ1) is 16.4. The Kier molecular flexibility index (Phi) is 4.60. The molecule has 3 aromatic rings. The monoisotopic (exact) mass is 352 g/mol. The molecule has 25 heavy (non-hydrogen) atoms. The van der Waals surface area contributed by atoms with E-state index in [1.165, 1.54) is 24.0 Å². The molecular weight excluding hydrogens is 332 g/mol. The third kappa shape index (κ3) is 3.78. The van der Waals surface area contributed by atoms with Crippen molar-refractivity contribution < 1.29 is 4.74 Å². The molecule has 0 radical (unpaired) electrons. The Labute approximate surface area is 153 Å². The van der Waals surface area contributed by atoms with Crippen LogP contribution in [-0.2, 0) is 13.1 Å². The molecule has 1 heterocycles. The van der Waals surface area contributed by atoms with E-state index in [9.17, 15) is 0 Å². The minimum Gasteiger partial charge on any atom is -0.497 e. The fraction of sp³-hybridized carbons (Fsp3) is 0.286. The Bertz CT molecular complexity index is 875. The van der Waals surface area contributed by atoms with Crippen molar-refractivity contribution in [2.24, 2.45) is 0 Å². The predicted molar refractivity (Wildman–Crippen MR) is 102 cm³/mol. The summed E-state index contributed by atoms with van der Waals surface area (Å²) in [6.45, 7) is 1.79. The summed E-state index contributed by atoms with van der Waals surface area (Å²) in [7, 11) is 1.70. The first-order chi connectivity index (χ1) is 12.2. The topological polar surface area (TPSA) is 25.4 Å². The van der Waals surface area contributed by atoms with E-state index in [2.05, 4.69) is 34.1 Å². The van der Waals surface area contributed by atoms with Crippen LogP contribution in [0.5, 0.6) is 5.75 Å². The highest BCUT2D eigenvalue weighted by atomic mass is 35.5. The van der Waals surface area contributed by atoms with Gasteiger partial charge in [-0.1, -0.05) is 29.8 Å². The molecule has 0 atom stereocenters. The van der Waals surface area contributed by atoms with E-state index >= 15 is 0 Å². The third-order valence-electron chi connectivity index (χ3n) is 4.73. The lowest BCUT2D eigenvalue weighted by atomic mass is 10.1. The van der Waals surface area contributed by atoms with Crippen molar-refractivity contribution in [3.63, 3.8) is 0 Å². The van der Waals surface area contributed by atoms with E-state index < -0.39 is 0 Å². The van der Waals surface area contributed by atoms with Gasteiger partial charge in [0.2, 0.25) is 0 Å². The molecule has 0 N–H and O–H groups in total. The van der Waals surface area contributed by atoms with Crippen molar-refractivity contribution in [1.82, 2.24) is 9.88 Å². The number of pyridine rings is 1. The van der Waals surface area contributed by atoms with Gasteiger partial charge in [0.05, 0.1) is 12.6 Å². The van der Waals surface area contributed by atoms with E-state index in [0.29, 0.717) is 6.04 Å². The average molecular weight is 353 g/mol. The zero-order valence-corrected chi connectivity index (χ0v) is 15.0. The summed E-state index contributed by atoms with van der Waals surface area (Å²) in [5, 5.41) is 1.88. The van der Waals surface area contributed by atoms with Gasteiger partial charge in [-0.3, -0.25) is 9.88 Å². The van der Waals surface area contributed by atoms with Crippen molar-refractivity contribution in [2.75, 3.05) is 7.11 Å². The van der Waals surface area contributed by atoms with Gasteiger partial charge in [-0.05, 0) is 54.3 Å². The van der Waals surface area contributed by atoms with Gasteiger partial charge in [0.15, 0.2) is 0 Å². The quantitative estimate of drug-likeness (QED) is 0.620. The van der Waals surface area contributed by atoms with Crippen LogP contribution in [0.1, 0.15) is 24.0 Å². The minimum atomic E-state index is 0.653. The highest BCUT2D eigenvalue weighted by molar-refractivity contribution is 6.31. The van der Waals surface area contributed by atoms with Gasteiger partial charge in [0.1, 0.15) is 5.75 Å². The number of nitrogens with zero attached hydrogens (tertiary/aromatic N) is 2. The molecule has 0 unspecified atom stereocenters. The number of fused-ring (bicyclic) bond motifs is 1. The van der Waals surface area contributed by atoms with Crippen molar-refractivity contribution in [3.05, 3.63) is 70.9 Å². The molecule has 0 saturated heterocycles. The average Bonchev–Trinajstić information content (AvgIpc) is 3.47. The number of hydrogen-bond acceptors (Lipinski definition) is 3. The van der Waals surface area contributed by atoms with Crippen LogP contribution in [0.2, 0.25) is 5.02 Å². The van der Waals surface area contributed by atoms with Crippen molar-refractivity contribution in [2.45, 2.75) is 32.0 Å². The van der Waals surface area contributed by atoms with Gasteiger partial charge in [0, 0.05) is 35.7 Å². The number of methoxy groups -OCH3 is 1. The second-order valence-corrected chi connectivity index (χ2v) is 7.06. The van der Waals surface area contributed by atoms with E-state index in [-0.39, 0.29) is 0 Å². The lowest BCUT2D eigenvalue weighted by Gasteiger charge is -2.23. The Morgan fingerprint density at radius 2 is 1.92 bits per heavy atom. The molecule has 0 aliphatic heterocycles. The Morgan fingerprint density at radius 3 is 2.64 bits per heavy atom. The molecule has 128 valence electrons. The largest absolute Gasteiger partial charge is 0.497 e. The second kappa shape index (κ2) is 7.03. The second-order valence-electron chi connectivity index (χ2n) is 6.62.